The van der Waals surface area contributed by atoms with Crippen LogP contribution in [0.5, 0.6) is 17.2 Å². The molecule has 0 saturated carbocycles. The number of phenols is 1. The van der Waals surface area contributed by atoms with Gasteiger partial charge in [0.1, 0.15) is 4.21 Å². The molecular formula is C14H11NO7S2. The molecule has 126 valence electrons. The number of carboxylic acids is 1. The molecule has 2 aromatic rings. The van der Waals surface area contributed by atoms with Gasteiger partial charge in [-0.05, 0) is 23.6 Å². The normalized spacial score (nSPS) is 13.3. The first-order chi connectivity index (χ1) is 11.4. The SMILES string of the molecule is O=C(O)/C=C/c1cc(NS(=O)(=O)c2cccs2)c2c(c1O)OCO2. The van der Waals surface area contributed by atoms with Gasteiger partial charge in [0.05, 0.1) is 5.69 Å². The number of anilines is 1. The molecule has 0 amide bonds. The van der Waals surface area contributed by atoms with Gasteiger partial charge < -0.3 is 19.7 Å². The van der Waals surface area contributed by atoms with Gasteiger partial charge in [0, 0.05) is 11.6 Å². The number of hydrogen-bond donors (Lipinski definition) is 3. The van der Waals surface area contributed by atoms with Crippen LogP contribution in [0.25, 0.3) is 6.08 Å². The van der Waals surface area contributed by atoms with Crippen LogP contribution in [0.15, 0.2) is 33.9 Å². The average molecular weight is 369 g/mol. The summed E-state index contributed by atoms with van der Waals surface area (Å²) in [7, 11) is -3.84. The number of thiophene rings is 1. The maximum Gasteiger partial charge on any atom is 0.328 e. The molecule has 0 spiro atoms. The molecule has 0 atom stereocenters. The number of aromatic hydroxyl groups is 1. The van der Waals surface area contributed by atoms with Crippen molar-refractivity contribution < 1.29 is 32.9 Å². The highest BCUT2D eigenvalue weighted by Gasteiger charge is 2.27. The van der Waals surface area contributed by atoms with Crippen LogP contribution in [0.2, 0.25) is 0 Å². The summed E-state index contributed by atoms with van der Waals surface area (Å²) in [5, 5.41) is 20.4. The van der Waals surface area contributed by atoms with E-state index in [0.717, 1.165) is 23.5 Å². The Hall–Kier alpha value is -2.72. The minimum Gasteiger partial charge on any atom is -0.504 e. The fraction of sp³-hybridized carbons (Fsp3) is 0.0714. The van der Waals surface area contributed by atoms with Crippen molar-refractivity contribution in [2.75, 3.05) is 11.5 Å². The van der Waals surface area contributed by atoms with Crippen LogP contribution in [0.1, 0.15) is 5.56 Å². The molecule has 0 saturated heterocycles. The first-order valence-corrected chi connectivity index (χ1v) is 8.87. The number of ether oxygens (including phenoxy) is 2. The summed E-state index contributed by atoms with van der Waals surface area (Å²) in [4.78, 5) is 10.7. The Kier molecular flexibility index (Phi) is 4.08. The zero-order chi connectivity index (χ0) is 17.3. The molecule has 8 nitrogen and oxygen atoms in total. The van der Waals surface area contributed by atoms with E-state index in [4.69, 9.17) is 14.6 Å². The fourth-order valence-corrected chi connectivity index (χ4v) is 4.10. The number of benzene rings is 1. The molecule has 1 aliphatic heterocycles. The summed E-state index contributed by atoms with van der Waals surface area (Å²) in [5.74, 6) is -1.56. The first kappa shape index (κ1) is 16.1. The number of hydrogen-bond acceptors (Lipinski definition) is 7. The molecule has 0 aliphatic carbocycles. The maximum atomic E-state index is 12.4. The standard InChI is InChI=1S/C14H11NO7S2/c16-10(17)4-3-8-6-9(13-14(12(8)18)22-7-21-13)15-24(19,20)11-2-1-5-23-11/h1-6,15,18H,7H2,(H,16,17)/b4-3+. The monoisotopic (exact) mass is 369 g/mol. The van der Waals surface area contributed by atoms with E-state index in [1.807, 2.05) is 0 Å². The molecule has 24 heavy (non-hydrogen) atoms. The van der Waals surface area contributed by atoms with Crippen molar-refractivity contribution in [1.29, 1.82) is 0 Å². The van der Waals surface area contributed by atoms with E-state index in [2.05, 4.69) is 4.72 Å². The Morgan fingerprint density at radius 3 is 2.75 bits per heavy atom. The van der Waals surface area contributed by atoms with E-state index >= 15 is 0 Å². The lowest BCUT2D eigenvalue weighted by Gasteiger charge is -2.12. The zero-order valence-corrected chi connectivity index (χ0v) is 13.6. The van der Waals surface area contributed by atoms with Crippen molar-refractivity contribution in [2.24, 2.45) is 0 Å². The van der Waals surface area contributed by atoms with Crippen LogP contribution in [0.4, 0.5) is 5.69 Å². The van der Waals surface area contributed by atoms with E-state index in [0.29, 0.717) is 0 Å². The largest absolute Gasteiger partial charge is 0.504 e. The zero-order valence-electron chi connectivity index (χ0n) is 11.9. The summed E-state index contributed by atoms with van der Waals surface area (Å²) in [6, 6.07) is 4.31. The number of fused-ring (bicyclic) bond motifs is 1. The highest BCUT2D eigenvalue weighted by Crippen LogP contribution is 2.48. The third kappa shape index (κ3) is 3.01. The molecule has 1 aromatic heterocycles. The molecule has 3 rings (SSSR count). The molecule has 2 heterocycles. The number of sulfonamides is 1. The number of carbonyl (C=O) groups is 1. The van der Waals surface area contributed by atoms with Gasteiger partial charge in [-0.2, -0.15) is 0 Å². The molecule has 0 unspecified atom stereocenters. The van der Waals surface area contributed by atoms with Gasteiger partial charge in [-0.25, -0.2) is 13.2 Å². The van der Waals surface area contributed by atoms with Crippen molar-refractivity contribution >= 4 is 39.1 Å². The number of phenolic OH excluding ortho intramolecular Hbond substituents is 1. The third-order valence-electron chi connectivity index (χ3n) is 3.06. The van der Waals surface area contributed by atoms with Crippen LogP contribution in [-0.4, -0.2) is 31.4 Å². The Morgan fingerprint density at radius 2 is 2.08 bits per heavy atom. The van der Waals surface area contributed by atoms with Gasteiger partial charge >= 0.3 is 5.97 Å². The van der Waals surface area contributed by atoms with Crippen LogP contribution >= 0.6 is 11.3 Å². The van der Waals surface area contributed by atoms with Crippen LogP contribution in [0.3, 0.4) is 0 Å². The smallest absolute Gasteiger partial charge is 0.328 e. The van der Waals surface area contributed by atoms with Crippen molar-refractivity contribution in [3.05, 3.63) is 35.2 Å². The van der Waals surface area contributed by atoms with Gasteiger partial charge in [0.15, 0.2) is 11.5 Å². The Bertz CT molecular complexity index is 917. The van der Waals surface area contributed by atoms with E-state index in [1.165, 1.54) is 12.1 Å². The van der Waals surface area contributed by atoms with Gasteiger partial charge in [-0.15, -0.1) is 11.3 Å². The molecule has 10 heteroatoms. The molecule has 1 aromatic carbocycles. The highest BCUT2D eigenvalue weighted by atomic mass is 32.2. The van der Waals surface area contributed by atoms with Crippen molar-refractivity contribution in [1.82, 2.24) is 0 Å². The first-order valence-electron chi connectivity index (χ1n) is 6.51. The lowest BCUT2D eigenvalue weighted by atomic mass is 10.1. The number of rotatable bonds is 5. The molecule has 0 bridgehead atoms. The third-order valence-corrected chi connectivity index (χ3v) is 5.82. The highest BCUT2D eigenvalue weighted by molar-refractivity contribution is 7.94. The summed E-state index contributed by atoms with van der Waals surface area (Å²) in [6.07, 6.45) is 1.94. The van der Waals surface area contributed by atoms with Crippen LogP contribution in [0, 0.1) is 0 Å². The molecule has 3 N–H and O–H groups in total. The second-order valence-electron chi connectivity index (χ2n) is 4.64. The Balaban J connectivity index is 2.06. The Morgan fingerprint density at radius 1 is 1.33 bits per heavy atom. The lowest BCUT2D eigenvalue weighted by Crippen LogP contribution is -2.12. The van der Waals surface area contributed by atoms with Gasteiger partial charge in [0.2, 0.25) is 12.5 Å². The summed E-state index contributed by atoms with van der Waals surface area (Å²) in [5.41, 5.74) is 0.115. The minimum atomic E-state index is -3.84. The van der Waals surface area contributed by atoms with E-state index in [9.17, 15) is 18.3 Å². The van der Waals surface area contributed by atoms with Gasteiger partial charge in [-0.3, -0.25) is 4.72 Å². The predicted octanol–water partition coefficient (Wildman–Crippen LogP) is 2.08. The van der Waals surface area contributed by atoms with Gasteiger partial charge in [0.25, 0.3) is 10.0 Å². The van der Waals surface area contributed by atoms with Crippen molar-refractivity contribution in [3.63, 3.8) is 0 Å². The quantitative estimate of drug-likeness (QED) is 0.545. The summed E-state index contributed by atoms with van der Waals surface area (Å²) < 4.78 is 37.5. The molecule has 0 radical (unpaired) electrons. The summed E-state index contributed by atoms with van der Waals surface area (Å²) in [6.45, 7) is -0.192. The Labute approximate surface area is 140 Å². The fourth-order valence-electron chi connectivity index (χ4n) is 2.05. The molecular weight excluding hydrogens is 358 g/mol. The second-order valence-corrected chi connectivity index (χ2v) is 7.49. The number of carboxylic acid groups (broad SMARTS) is 1. The number of aliphatic carboxylic acids is 1. The van der Waals surface area contributed by atoms with E-state index in [-0.39, 0.29) is 39.5 Å². The molecule has 1 aliphatic rings. The van der Waals surface area contributed by atoms with Crippen LogP contribution in [-0.2, 0) is 14.8 Å². The van der Waals surface area contributed by atoms with Crippen LogP contribution < -0.4 is 14.2 Å². The van der Waals surface area contributed by atoms with Crippen molar-refractivity contribution in [3.8, 4) is 17.2 Å². The minimum absolute atomic E-state index is 0.0405. The van der Waals surface area contributed by atoms with Gasteiger partial charge in [-0.1, -0.05) is 6.07 Å². The molecule has 0 fully saturated rings. The topological polar surface area (TPSA) is 122 Å². The van der Waals surface area contributed by atoms with E-state index in [1.54, 1.807) is 11.4 Å². The lowest BCUT2D eigenvalue weighted by molar-refractivity contribution is -0.131. The van der Waals surface area contributed by atoms with Crippen molar-refractivity contribution in [2.45, 2.75) is 4.21 Å². The predicted molar refractivity (Wildman–Crippen MR) is 86.0 cm³/mol. The summed E-state index contributed by atoms with van der Waals surface area (Å²) >= 11 is 1.04. The van der Waals surface area contributed by atoms with E-state index < -0.39 is 16.0 Å². The maximum absolute atomic E-state index is 12.4. The average Bonchev–Trinajstić information content (AvgIpc) is 3.20. The second kappa shape index (κ2) is 6.06. The number of nitrogens with one attached hydrogen (secondary N) is 1.